The lowest BCUT2D eigenvalue weighted by Gasteiger charge is -2.00. The van der Waals surface area contributed by atoms with E-state index in [-0.39, 0.29) is 0 Å². The predicted molar refractivity (Wildman–Crippen MR) is 84.8 cm³/mol. The highest BCUT2D eigenvalue weighted by Gasteiger charge is 2.07. The SMILES string of the molecule is c1ccc(-c2cc(-c3ccc4ccccc4n3)[nH]n2)cc1. The first-order chi connectivity index (χ1) is 10.4. The van der Waals surface area contributed by atoms with Gasteiger partial charge in [0.2, 0.25) is 0 Å². The van der Waals surface area contributed by atoms with E-state index < -0.39 is 0 Å². The molecule has 2 aromatic carbocycles. The first-order valence-corrected chi connectivity index (χ1v) is 6.87. The van der Waals surface area contributed by atoms with Crippen LogP contribution in [0.1, 0.15) is 0 Å². The molecule has 0 saturated carbocycles. The summed E-state index contributed by atoms with van der Waals surface area (Å²) in [4.78, 5) is 4.68. The maximum atomic E-state index is 4.68. The molecule has 2 aromatic heterocycles. The number of hydrogen-bond acceptors (Lipinski definition) is 2. The molecule has 0 radical (unpaired) electrons. The van der Waals surface area contributed by atoms with Crippen molar-refractivity contribution in [2.75, 3.05) is 0 Å². The second-order valence-electron chi connectivity index (χ2n) is 4.92. The van der Waals surface area contributed by atoms with E-state index in [4.69, 9.17) is 0 Å². The molecule has 21 heavy (non-hydrogen) atoms. The van der Waals surface area contributed by atoms with Gasteiger partial charge in [-0.15, -0.1) is 0 Å². The average Bonchev–Trinajstić information content (AvgIpc) is 3.05. The van der Waals surface area contributed by atoms with Gasteiger partial charge < -0.3 is 0 Å². The molecule has 0 saturated heterocycles. The Labute approximate surface area is 122 Å². The summed E-state index contributed by atoms with van der Waals surface area (Å²) < 4.78 is 0. The van der Waals surface area contributed by atoms with Gasteiger partial charge in [-0.2, -0.15) is 5.10 Å². The molecule has 1 N–H and O–H groups in total. The van der Waals surface area contributed by atoms with Crippen molar-refractivity contribution in [3.63, 3.8) is 0 Å². The van der Waals surface area contributed by atoms with Gasteiger partial charge in [0.25, 0.3) is 0 Å². The predicted octanol–water partition coefficient (Wildman–Crippen LogP) is 4.29. The molecule has 0 bridgehead atoms. The van der Waals surface area contributed by atoms with E-state index in [1.54, 1.807) is 0 Å². The van der Waals surface area contributed by atoms with Crippen molar-refractivity contribution in [3.8, 4) is 22.6 Å². The summed E-state index contributed by atoms with van der Waals surface area (Å²) in [7, 11) is 0. The molecular formula is C18H13N3. The van der Waals surface area contributed by atoms with Crippen molar-refractivity contribution in [2.24, 2.45) is 0 Å². The third kappa shape index (κ3) is 2.19. The fourth-order valence-electron chi connectivity index (χ4n) is 2.43. The van der Waals surface area contributed by atoms with Gasteiger partial charge in [0.15, 0.2) is 0 Å². The fourth-order valence-corrected chi connectivity index (χ4v) is 2.43. The monoisotopic (exact) mass is 271 g/mol. The molecule has 0 atom stereocenters. The molecule has 3 nitrogen and oxygen atoms in total. The van der Waals surface area contributed by atoms with Crippen molar-refractivity contribution < 1.29 is 0 Å². The number of aromatic nitrogens is 3. The Bertz CT molecular complexity index is 894. The number of para-hydroxylation sites is 1. The molecule has 4 aromatic rings. The van der Waals surface area contributed by atoms with Gasteiger partial charge in [-0.25, -0.2) is 4.98 Å². The van der Waals surface area contributed by atoms with Gasteiger partial charge in [0.1, 0.15) is 0 Å². The highest BCUT2D eigenvalue weighted by atomic mass is 15.1. The van der Waals surface area contributed by atoms with Crippen LogP contribution in [-0.2, 0) is 0 Å². The van der Waals surface area contributed by atoms with E-state index in [1.807, 2.05) is 60.7 Å². The van der Waals surface area contributed by atoms with Gasteiger partial charge >= 0.3 is 0 Å². The quantitative estimate of drug-likeness (QED) is 0.591. The van der Waals surface area contributed by atoms with Crippen LogP contribution in [-0.4, -0.2) is 15.2 Å². The van der Waals surface area contributed by atoms with E-state index in [0.717, 1.165) is 33.5 Å². The lowest BCUT2D eigenvalue weighted by atomic mass is 10.1. The minimum Gasteiger partial charge on any atom is -0.276 e. The zero-order valence-electron chi connectivity index (χ0n) is 11.3. The number of H-pyrrole nitrogens is 1. The van der Waals surface area contributed by atoms with Gasteiger partial charge in [-0.05, 0) is 18.2 Å². The molecule has 100 valence electrons. The number of nitrogens with zero attached hydrogens (tertiary/aromatic N) is 2. The maximum Gasteiger partial charge on any atom is 0.0927 e. The normalized spacial score (nSPS) is 10.9. The molecule has 0 aliphatic heterocycles. The molecule has 0 aliphatic rings. The zero-order valence-corrected chi connectivity index (χ0v) is 11.3. The number of nitrogens with one attached hydrogen (secondary N) is 1. The Kier molecular flexibility index (Phi) is 2.75. The van der Waals surface area contributed by atoms with Crippen LogP contribution in [0.2, 0.25) is 0 Å². The molecular weight excluding hydrogens is 258 g/mol. The smallest absolute Gasteiger partial charge is 0.0927 e. The van der Waals surface area contributed by atoms with Crippen LogP contribution in [0, 0.1) is 0 Å². The van der Waals surface area contributed by atoms with Gasteiger partial charge in [0.05, 0.1) is 22.6 Å². The number of fused-ring (bicyclic) bond motifs is 1. The number of pyridine rings is 1. The number of benzene rings is 2. The molecule has 4 rings (SSSR count). The highest BCUT2D eigenvalue weighted by Crippen LogP contribution is 2.24. The largest absolute Gasteiger partial charge is 0.276 e. The van der Waals surface area contributed by atoms with Crippen molar-refractivity contribution in [1.29, 1.82) is 0 Å². The summed E-state index contributed by atoms with van der Waals surface area (Å²) >= 11 is 0. The Morgan fingerprint density at radius 1 is 0.714 bits per heavy atom. The Morgan fingerprint density at radius 3 is 2.43 bits per heavy atom. The van der Waals surface area contributed by atoms with Crippen molar-refractivity contribution in [1.82, 2.24) is 15.2 Å². The summed E-state index contributed by atoms with van der Waals surface area (Å²) in [5.74, 6) is 0. The first-order valence-electron chi connectivity index (χ1n) is 6.87. The molecule has 0 aliphatic carbocycles. The van der Waals surface area contributed by atoms with Gasteiger partial charge in [-0.1, -0.05) is 54.6 Å². The lowest BCUT2D eigenvalue weighted by molar-refractivity contribution is 1.09. The second kappa shape index (κ2) is 4.87. The summed E-state index contributed by atoms with van der Waals surface area (Å²) in [6.07, 6.45) is 0. The zero-order chi connectivity index (χ0) is 14.1. The second-order valence-corrected chi connectivity index (χ2v) is 4.92. The van der Waals surface area contributed by atoms with Crippen LogP contribution in [0.25, 0.3) is 33.5 Å². The van der Waals surface area contributed by atoms with Gasteiger partial charge in [-0.3, -0.25) is 5.10 Å². The summed E-state index contributed by atoms with van der Waals surface area (Å²) in [5.41, 5.74) is 4.86. The number of hydrogen-bond donors (Lipinski definition) is 1. The van der Waals surface area contributed by atoms with Gasteiger partial charge in [0, 0.05) is 10.9 Å². The summed E-state index contributed by atoms with van der Waals surface area (Å²) in [5, 5.41) is 8.59. The first kappa shape index (κ1) is 11.9. The van der Waals surface area contributed by atoms with Crippen LogP contribution in [0.4, 0.5) is 0 Å². The van der Waals surface area contributed by atoms with E-state index >= 15 is 0 Å². The number of aromatic amines is 1. The van der Waals surface area contributed by atoms with Crippen LogP contribution in [0.3, 0.4) is 0 Å². The Balaban J connectivity index is 1.77. The van der Waals surface area contributed by atoms with Crippen LogP contribution >= 0.6 is 0 Å². The molecule has 0 spiro atoms. The van der Waals surface area contributed by atoms with E-state index in [2.05, 4.69) is 27.3 Å². The van der Waals surface area contributed by atoms with E-state index in [0.29, 0.717) is 0 Å². The average molecular weight is 271 g/mol. The Hall–Kier alpha value is -2.94. The topological polar surface area (TPSA) is 41.6 Å². The van der Waals surface area contributed by atoms with E-state index in [9.17, 15) is 0 Å². The molecule has 2 heterocycles. The molecule has 0 fully saturated rings. The van der Waals surface area contributed by atoms with Crippen LogP contribution < -0.4 is 0 Å². The highest BCUT2D eigenvalue weighted by molar-refractivity contribution is 5.81. The van der Waals surface area contributed by atoms with Crippen molar-refractivity contribution in [3.05, 3.63) is 72.8 Å². The molecule has 0 amide bonds. The maximum absolute atomic E-state index is 4.68. The van der Waals surface area contributed by atoms with Crippen molar-refractivity contribution >= 4 is 10.9 Å². The minimum absolute atomic E-state index is 0.906. The van der Waals surface area contributed by atoms with Crippen LogP contribution in [0.15, 0.2) is 72.8 Å². The van der Waals surface area contributed by atoms with Crippen molar-refractivity contribution in [2.45, 2.75) is 0 Å². The molecule has 3 heteroatoms. The summed E-state index contributed by atoms with van der Waals surface area (Å²) in [6.45, 7) is 0. The lowest BCUT2D eigenvalue weighted by Crippen LogP contribution is -1.84. The third-order valence-corrected chi connectivity index (χ3v) is 3.52. The fraction of sp³-hybridized carbons (Fsp3) is 0. The molecule has 0 unspecified atom stereocenters. The summed E-state index contributed by atoms with van der Waals surface area (Å²) in [6, 6.07) is 24.4. The van der Waals surface area contributed by atoms with E-state index in [1.165, 1.54) is 0 Å². The Morgan fingerprint density at radius 2 is 1.52 bits per heavy atom. The number of rotatable bonds is 2. The van der Waals surface area contributed by atoms with Crippen LogP contribution in [0.5, 0.6) is 0 Å². The third-order valence-electron chi connectivity index (χ3n) is 3.52. The standard InChI is InChI=1S/C18H13N3/c1-2-6-13(7-3-1)17-12-18(21-20-17)16-11-10-14-8-4-5-9-15(14)19-16/h1-12H,(H,20,21). The minimum atomic E-state index is 0.906.